The van der Waals surface area contributed by atoms with Gasteiger partial charge in [0.2, 0.25) is 17.6 Å². The van der Waals surface area contributed by atoms with E-state index in [-0.39, 0.29) is 18.1 Å². The van der Waals surface area contributed by atoms with Gasteiger partial charge in [0.05, 0.1) is 6.61 Å². The molecular weight excluding hydrogens is 361 g/mol. The van der Waals surface area contributed by atoms with E-state index in [1.165, 1.54) is 12.1 Å². The Kier molecular flexibility index (Phi) is 6.73. The summed E-state index contributed by atoms with van der Waals surface area (Å²) in [7, 11) is 0. The zero-order valence-electron chi connectivity index (χ0n) is 15.7. The summed E-state index contributed by atoms with van der Waals surface area (Å²) in [5, 5.41) is 6.77. The number of benzene rings is 2. The third-order valence-electron chi connectivity index (χ3n) is 4.08. The fourth-order valence-corrected chi connectivity index (χ4v) is 2.69. The second-order valence-corrected chi connectivity index (χ2v) is 6.20. The number of aryl methyl sites for hydroxylation is 1. The fraction of sp³-hybridized carbons (Fsp3) is 0.286. The Bertz CT molecular complexity index is 909. The number of nitrogens with one attached hydrogen (secondary N) is 1. The van der Waals surface area contributed by atoms with Gasteiger partial charge in [0.1, 0.15) is 11.6 Å². The highest BCUT2D eigenvalue weighted by atomic mass is 19.1. The molecule has 7 heteroatoms. The number of hydrogen-bond acceptors (Lipinski definition) is 5. The molecule has 0 spiro atoms. The Hall–Kier alpha value is -3.22. The van der Waals surface area contributed by atoms with Crippen molar-refractivity contribution in [1.29, 1.82) is 0 Å². The smallest absolute Gasteiger partial charge is 0.227 e. The molecule has 1 aromatic heterocycles. The molecule has 6 nitrogen and oxygen atoms in total. The third-order valence-corrected chi connectivity index (χ3v) is 4.08. The van der Waals surface area contributed by atoms with Crippen molar-refractivity contribution in [3.63, 3.8) is 0 Å². The van der Waals surface area contributed by atoms with Crippen molar-refractivity contribution in [3.05, 3.63) is 65.8 Å². The van der Waals surface area contributed by atoms with Crippen LogP contribution in [0, 0.1) is 5.82 Å². The normalized spacial score (nSPS) is 10.6. The van der Waals surface area contributed by atoms with Crippen molar-refractivity contribution in [2.24, 2.45) is 0 Å². The minimum atomic E-state index is -0.274. The van der Waals surface area contributed by atoms with Crippen molar-refractivity contribution >= 4 is 5.91 Å². The summed E-state index contributed by atoms with van der Waals surface area (Å²) < 4.78 is 23.7. The summed E-state index contributed by atoms with van der Waals surface area (Å²) in [5.41, 5.74) is 1.66. The van der Waals surface area contributed by atoms with Gasteiger partial charge in [-0.15, -0.1) is 0 Å². The molecule has 0 aliphatic heterocycles. The van der Waals surface area contributed by atoms with E-state index in [9.17, 15) is 9.18 Å². The van der Waals surface area contributed by atoms with E-state index in [2.05, 4.69) is 15.5 Å². The topological polar surface area (TPSA) is 77.2 Å². The number of aromatic nitrogens is 2. The molecular formula is C21H22FN3O3. The maximum atomic E-state index is 13.1. The zero-order chi connectivity index (χ0) is 19.8. The summed E-state index contributed by atoms with van der Waals surface area (Å²) >= 11 is 0. The monoisotopic (exact) mass is 383 g/mol. The molecule has 0 aliphatic carbocycles. The Morgan fingerprint density at radius 1 is 1.18 bits per heavy atom. The van der Waals surface area contributed by atoms with Crippen LogP contribution in [0.3, 0.4) is 0 Å². The van der Waals surface area contributed by atoms with Gasteiger partial charge in [0.25, 0.3) is 0 Å². The predicted molar refractivity (Wildman–Crippen MR) is 102 cm³/mol. The number of hydrogen-bond donors (Lipinski definition) is 1. The molecule has 3 aromatic rings. The van der Waals surface area contributed by atoms with E-state index in [4.69, 9.17) is 9.26 Å². The van der Waals surface area contributed by atoms with Gasteiger partial charge in [-0.1, -0.05) is 17.3 Å². The first-order chi connectivity index (χ1) is 13.6. The van der Waals surface area contributed by atoms with Crippen molar-refractivity contribution in [2.45, 2.75) is 26.2 Å². The van der Waals surface area contributed by atoms with E-state index >= 15 is 0 Å². The largest absolute Gasteiger partial charge is 0.494 e. The third kappa shape index (κ3) is 5.64. The highest BCUT2D eigenvalue weighted by Gasteiger charge is 2.11. The van der Waals surface area contributed by atoms with Crippen LogP contribution in [0.15, 0.2) is 53.1 Å². The SMILES string of the molecule is CCOc1ccc(-c2noc(CCC(=O)NCCc3cccc(F)c3)n2)cc1. The number of halogens is 1. The van der Waals surface area contributed by atoms with Crippen molar-refractivity contribution in [1.82, 2.24) is 15.5 Å². The number of carbonyl (C=O) groups is 1. The first kappa shape index (κ1) is 19.5. The minimum Gasteiger partial charge on any atom is -0.494 e. The van der Waals surface area contributed by atoms with Crippen LogP contribution in [0.5, 0.6) is 5.75 Å². The summed E-state index contributed by atoms with van der Waals surface area (Å²) in [4.78, 5) is 16.3. The van der Waals surface area contributed by atoms with Gasteiger partial charge in [-0.05, 0) is 55.3 Å². The van der Waals surface area contributed by atoms with Crippen LogP contribution in [0.4, 0.5) is 4.39 Å². The molecule has 28 heavy (non-hydrogen) atoms. The molecule has 0 bridgehead atoms. The summed E-state index contributed by atoms with van der Waals surface area (Å²) in [6, 6.07) is 13.8. The van der Waals surface area contributed by atoms with Crippen LogP contribution in [-0.2, 0) is 17.6 Å². The number of carbonyl (C=O) groups excluding carboxylic acids is 1. The lowest BCUT2D eigenvalue weighted by Gasteiger charge is -2.04. The molecule has 3 rings (SSSR count). The average Bonchev–Trinajstić information content (AvgIpc) is 3.16. The Balaban J connectivity index is 1.44. The van der Waals surface area contributed by atoms with E-state index in [1.807, 2.05) is 37.3 Å². The van der Waals surface area contributed by atoms with Gasteiger partial charge in [-0.25, -0.2) is 4.39 Å². The Morgan fingerprint density at radius 3 is 2.75 bits per heavy atom. The van der Waals surface area contributed by atoms with Crippen LogP contribution in [-0.4, -0.2) is 29.2 Å². The van der Waals surface area contributed by atoms with Gasteiger partial charge < -0.3 is 14.6 Å². The van der Waals surface area contributed by atoms with Crippen LogP contribution >= 0.6 is 0 Å². The minimum absolute atomic E-state index is 0.114. The maximum Gasteiger partial charge on any atom is 0.227 e. The number of nitrogens with zero attached hydrogens (tertiary/aromatic N) is 2. The quantitative estimate of drug-likeness (QED) is 0.611. The summed E-state index contributed by atoms with van der Waals surface area (Å²) in [6.07, 6.45) is 1.18. The van der Waals surface area contributed by atoms with Crippen LogP contribution in [0.2, 0.25) is 0 Å². The van der Waals surface area contributed by atoms with E-state index in [0.29, 0.717) is 37.7 Å². The molecule has 0 unspecified atom stereocenters. The predicted octanol–water partition coefficient (Wildman–Crippen LogP) is 3.57. The highest BCUT2D eigenvalue weighted by molar-refractivity contribution is 5.76. The molecule has 0 fully saturated rings. The molecule has 2 aromatic carbocycles. The van der Waals surface area contributed by atoms with E-state index in [0.717, 1.165) is 16.9 Å². The number of amides is 1. The van der Waals surface area contributed by atoms with Gasteiger partial charge >= 0.3 is 0 Å². The van der Waals surface area contributed by atoms with Crippen molar-refractivity contribution in [3.8, 4) is 17.1 Å². The van der Waals surface area contributed by atoms with Gasteiger partial charge in [0, 0.05) is 24.9 Å². The van der Waals surface area contributed by atoms with Crippen LogP contribution in [0.25, 0.3) is 11.4 Å². The zero-order valence-corrected chi connectivity index (χ0v) is 15.7. The van der Waals surface area contributed by atoms with Gasteiger partial charge in [0.15, 0.2) is 0 Å². The summed E-state index contributed by atoms with van der Waals surface area (Å²) in [6.45, 7) is 2.98. The van der Waals surface area contributed by atoms with E-state index < -0.39 is 0 Å². The second-order valence-electron chi connectivity index (χ2n) is 6.20. The molecule has 0 radical (unpaired) electrons. The molecule has 1 N–H and O–H groups in total. The van der Waals surface area contributed by atoms with Gasteiger partial charge in [-0.2, -0.15) is 4.98 Å². The van der Waals surface area contributed by atoms with Crippen LogP contribution < -0.4 is 10.1 Å². The molecule has 146 valence electrons. The number of rotatable bonds is 9. The lowest BCUT2D eigenvalue weighted by atomic mass is 10.1. The standard InChI is InChI=1S/C21H22FN3O3/c1-2-27-18-8-6-16(7-9-18)21-24-20(28-25-21)11-10-19(26)23-13-12-15-4-3-5-17(22)14-15/h3-9,14H,2,10-13H2,1H3,(H,23,26). The molecule has 0 aliphatic rings. The number of ether oxygens (including phenoxy) is 1. The van der Waals surface area contributed by atoms with Crippen molar-refractivity contribution < 1.29 is 18.4 Å². The average molecular weight is 383 g/mol. The Labute approximate surface area is 162 Å². The second kappa shape index (κ2) is 9.64. The molecule has 1 heterocycles. The fourth-order valence-electron chi connectivity index (χ4n) is 2.69. The Morgan fingerprint density at radius 2 is 2.00 bits per heavy atom. The lowest BCUT2D eigenvalue weighted by Crippen LogP contribution is -2.25. The lowest BCUT2D eigenvalue weighted by molar-refractivity contribution is -0.121. The molecule has 0 atom stereocenters. The first-order valence-electron chi connectivity index (χ1n) is 9.21. The van der Waals surface area contributed by atoms with E-state index in [1.54, 1.807) is 6.07 Å². The van der Waals surface area contributed by atoms with Gasteiger partial charge in [-0.3, -0.25) is 4.79 Å². The van der Waals surface area contributed by atoms with Crippen LogP contribution in [0.1, 0.15) is 24.8 Å². The van der Waals surface area contributed by atoms with Crippen molar-refractivity contribution in [2.75, 3.05) is 13.2 Å². The molecule has 0 saturated heterocycles. The maximum absolute atomic E-state index is 13.1. The highest BCUT2D eigenvalue weighted by Crippen LogP contribution is 2.20. The molecule has 1 amide bonds. The summed E-state index contributed by atoms with van der Waals surface area (Å²) in [5.74, 6) is 1.28. The first-order valence-corrected chi connectivity index (χ1v) is 9.21. The molecule has 0 saturated carbocycles.